The lowest BCUT2D eigenvalue weighted by Gasteiger charge is -2.20. The first-order valence-corrected chi connectivity index (χ1v) is 22.5. The van der Waals surface area contributed by atoms with Gasteiger partial charge in [0.25, 0.3) is 0 Å². The quantitative estimate of drug-likeness (QED) is 0.0278. The predicted octanol–water partition coefficient (Wildman–Crippen LogP) is 6.57. The Morgan fingerprint density at radius 2 is 0.831 bits per heavy atom. The summed E-state index contributed by atoms with van der Waals surface area (Å²) in [5, 5.41) is 0. The molecule has 4 rings (SSSR count). The Labute approximate surface area is 384 Å². The molecule has 0 heterocycles. The smallest absolute Gasteiger partial charge is 0.307 e. The van der Waals surface area contributed by atoms with Gasteiger partial charge in [-0.2, -0.15) is 0 Å². The molecule has 0 saturated carbocycles. The van der Waals surface area contributed by atoms with Gasteiger partial charge in [-0.15, -0.1) is 0 Å². The van der Waals surface area contributed by atoms with Crippen molar-refractivity contribution in [2.24, 2.45) is 0 Å². The van der Waals surface area contributed by atoms with Crippen molar-refractivity contribution in [3.63, 3.8) is 0 Å². The van der Waals surface area contributed by atoms with E-state index in [9.17, 15) is 19.2 Å². The number of esters is 2. The maximum absolute atomic E-state index is 12.6. The highest BCUT2D eigenvalue weighted by atomic mass is 16.6. The van der Waals surface area contributed by atoms with Crippen LogP contribution in [-0.2, 0) is 38.0 Å². The Kier molecular flexibility index (Phi) is 25.2. The molecule has 0 aliphatic heterocycles. The van der Waals surface area contributed by atoms with E-state index >= 15 is 0 Å². The largest absolute Gasteiger partial charge is 0.492 e. The Morgan fingerprint density at radius 1 is 0.446 bits per heavy atom. The van der Waals surface area contributed by atoms with E-state index in [0.29, 0.717) is 106 Å². The molecule has 352 valence electrons. The summed E-state index contributed by atoms with van der Waals surface area (Å²) in [6.45, 7) is 13.6. The van der Waals surface area contributed by atoms with Crippen LogP contribution in [0.15, 0.2) is 109 Å². The third-order valence-corrected chi connectivity index (χ3v) is 10.2. The molecule has 0 aliphatic rings. The zero-order valence-corrected chi connectivity index (χ0v) is 38.2. The Balaban J connectivity index is 0.897. The van der Waals surface area contributed by atoms with E-state index in [-0.39, 0.29) is 68.9 Å². The molecule has 1 unspecified atom stereocenters. The van der Waals surface area contributed by atoms with Gasteiger partial charge < -0.3 is 37.9 Å². The van der Waals surface area contributed by atoms with Crippen molar-refractivity contribution in [3.05, 3.63) is 131 Å². The minimum Gasteiger partial charge on any atom is -0.492 e. The van der Waals surface area contributed by atoms with Gasteiger partial charge in [-0.05, 0) is 68.5 Å². The number of carbonyl (C=O) groups is 4. The molecule has 0 spiro atoms. The number of rotatable bonds is 35. The summed E-state index contributed by atoms with van der Waals surface area (Å²) >= 11 is 0. The second kappa shape index (κ2) is 31.4. The maximum atomic E-state index is 12.6. The van der Waals surface area contributed by atoms with Crippen molar-refractivity contribution in [2.45, 2.75) is 39.7 Å². The first-order chi connectivity index (χ1) is 31.7. The summed E-state index contributed by atoms with van der Waals surface area (Å²) in [5.41, 5.74) is 2.50. The van der Waals surface area contributed by atoms with Gasteiger partial charge in [0, 0.05) is 48.4 Å². The maximum Gasteiger partial charge on any atom is 0.307 e. The molecule has 1 atom stereocenters. The van der Waals surface area contributed by atoms with Crippen LogP contribution >= 0.6 is 0 Å². The monoisotopic (exact) mass is 898 g/mol. The summed E-state index contributed by atoms with van der Waals surface area (Å²) in [6, 6.07) is 32.6. The summed E-state index contributed by atoms with van der Waals surface area (Å²) in [6.07, 6.45) is 0.389. The highest BCUT2D eigenvalue weighted by Gasteiger charge is 2.13. The van der Waals surface area contributed by atoms with Gasteiger partial charge in [-0.1, -0.05) is 74.5 Å². The van der Waals surface area contributed by atoms with Gasteiger partial charge in [-0.25, -0.2) is 0 Å². The predicted molar refractivity (Wildman–Crippen MR) is 247 cm³/mol. The normalized spacial score (nSPS) is 11.6. The molecule has 0 bridgehead atoms. The van der Waals surface area contributed by atoms with E-state index in [1.54, 1.807) is 72.8 Å². The molecule has 0 N–H and O–H groups in total. The summed E-state index contributed by atoms with van der Waals surface area (Å²) in [4.78, 5) is 54.0. The molecule has 0 amide bonds. The average molecular weight is 899 g/mol. The lowest BCUT2D eigenvalue weighted by atomic mass is 10.0. The molecule has 0 fully saturated rings. The second-order valence-corrected chi connectivity index (χ2v) is 14.9. The van der Waals surface area contributed by atoms with Crippen molar-refractivity contribution in [1.82, 2.24) is 9.80 Å². The van der Waals surface area contributed by atoms with E-state index in [4.69, 9.17) is 37.9 Å². The van der Waals surface area contributed by atoms with Crippen LogP contribution in [0.25, 0.3) is 0 Å². The molecule has 14 nitrogen and oxygen atoms in total. The summed E-state index contributed by atoms with van der Waals surface area (Å²) in [5.74, 6) is 0.733. The van der Waals surface area contributed by atoms with Gasteiger partial charge in [0.05, 0.1) is 65.2 Å². The van der Waals surface area contributed by atoms with Crippen molar-refractivity contribution in [2.75, 3.05) is 112 Å². The van der Waals surface area contributed by atoms with E-state index < -0.39 is 0 Å². The topological polar surface area (TPSA) is 149 Å². The Hall–Kier alpha value is -5.48. The number of ether oxygens (including phenoxy) is 8. The van der Waals surface area contributed by atoms with Crippen LogP contribution in [0.3, 0.4) is 0 Å². The molecule has 4 aromatic rings. The molecule has 0 aliphatic carbocycles. The standard InChI is InChI=1S/C51H66N2O12/c1-4-52(28-30-62-46-20-16-44(17-21-46)50(56)42-12-8-6-9-13-42)26-24-48(54)64-38-35-58-32-33-60-40-41(3)61-37-34-59-36-39-65-49(55)25-27-53(5-2)29-31-63-47-22-18-45(19-23-47)51(57)43-14-10-7-11-15-43/h6-23,41H,4-5,24-40H2,1-3H3. The van der Waals surface area contributed by atoms with E-state index in [1.165, 1.54) is 0 Å². The molecular weight excluding hydrogens is 833 g/mol. The fourth-order valence-electron chi connectivity index (χ4n) is 6.36. The number of ketones is 2. The van der Waals surface area contributed by atoms with E-state index in [2.05, 4.69) is 9.80 Å². The highest BCUT2D eigenvalue weighted by molar-refractivity contribution is 6.09. The third kappa shape index (κ3) is 21.4. The van der Waals surface area contributed by atoms with Crippen molar-refractivity contribution in [1.29, 1.82) is 0 Å². The number of carbonyl (C=O) groups excluding carboxylic acids is 4. The lowest BCUT2D eigenvalue weighted by molar-refractivity contribution is -0.146. The van der Waals surface area contributed by atoms with Crippen molar-refractivity contribution < 1.29 is 57.1 Å². The first-order valence-electron chi connectivity index (χ1n) is 22.5. The molecule has 0 saturated heterocycles. The second-order valence-electron chi connectivity index (χ2n) is 14.9. The average Bonchev–Trinajstić information content (AvgIpc) is 3.34. The van der Waals surface area contributed by atoms with Crippen LogP contribution in [0.4, 0.5) is 0 Å². The number of hydrogen-bond donors (Lipinski definition) is 0. The highest BCUT2D eigenvalue weighted by Crippen LogP contribution is 2.17. The minimum absolute atomic E-state index is 0.0303. The van der Waals surface area contributed by atoms with Gasteiger partial charge in [-0.3, -0.25) is 29.0 Å². The number of hydrogen-bond acceptors (Lipinski definition) is 14. The van der Waals surface area contributed by atoms with Gasteiger partial charge in [0.15, 0.2) is 11.6 Å². The molecule has 0 radical (unpaired) electrons. The molecule has 4 aromatic carbocycles. The summed E-state index contributed by atoms with van der Waals surface area (Å²) in [7, 11) is 0. The SMILES string of the molecule is CCN(CCOc1ccc(C(=O)c2ccccc2)cc1)CCC(=O)OCCOCCOCC(C)OCCOCCOC(=O)CCN(CC)CCOc1ccc(C(=O)c2ccccc2)cc1. The number of benzene rings is 4. The third-order valence-electron chi connectivity index (χ3n) is 10.2. The zero-order chi connectivity index (χ0) is 46.3. The van der Waals surface area contributed by atoms with E-state index in [0.717, 1.165) is 13.1 Å². The Bertz CT molecular complexity index is 1930. The van der Waals surface area contributed by atoms with Crippen LogP contribution in [0, 0.1) is 0 Å². The molecular formula is C51H66N2O12. The van der Waals surface area contributed by atoms with Crippen LogP contribution in [-0.4, -0.2) is 151 Å². The van der Waals surface area contributed by atoms with Crippen LogP contribution in [0.5, 0.6) is 11.5 Å². The van der Waals surface area contributed by atoms with Gasteiger partial charge in [0.2, 0.25) is 0 Å². The molecule has 65 heavy (non-hydrogen) atoms. The van der Waals surface area contributed by atoms with Crippen LogP contribution in [0.1, 0.15) is 65.5 Å². The van der Waals surface area contributed by atoms with Gasteiger partial charge >= 0.3 is 11.9 Å². The van der Waals surface area contributed by atoms with Crippen molar-refractivity contribution >= 4 is 23.5 Å². The van der Waals surface area contributed by atoms with Crippen LogP contribution < -0.4 is 9.47 Å². The Morgan fingerprint density at radius 3 is 1.26 bits per heavy atom. The lowest BCUT2D eigenvalue weighted by Crippen LogP contribution is -2.31. The zero-order valence-electron chi connectivity index (χ0n) is 38.2. The molecule has 0 aromatic heterocycles. The van der Waals surface area contributed by atoms with Gasteiger partial charge in [0.1, 0.15) is 37.9 Å². The van der Waals surface area contributed by atoms with Crippen molar-refractivity contribution in [3.8, 4) is 11.5 Å². The molecule has 14 heteroatoms. The first kappa shape index (κ1) is 52.1. The van der Waals surface area contributed by atoms with Crippen LogP contribution in [0.2, 0.25) is 0 Å². The van der Waals surface area contributed by atoms with E-state index in [1.807, 2.05) is 57.2 Å². The minimum atomic E-state index is -0.285. The fourth-order valence-corrected chi connectivity index (χ4v) is 6.36. The number of likely N-dealkylation sites (N-methyl/N-ethyl adjacent to an activating group) is 2. The summed E-state index contributed by atoms with van der Waals surface area (Å²) < 4.78 is 44.8. The fraction of sp³-hybridized carbons (Fsp3) is 0.451. The number of nitrogens with zero attached hydrogens (tertiary/aromatic N) is 2.